The second-order valence-corrected chi connectivity index (χ2v) is 4.02. The number of phenols is 1. The highest BCUT2D eigenvalue weighted by atomic mass is 16.4. The van der Waals surface area contributed by atoms with E-state index < -0.39 is 0 Å². The van der Waals surface area contributed by atoms with Gasteiger partial charge in [0, 0.05) is 11.5 Å². The van der Waals surface area contributed by atoms with Crippen LogP contribution in [0.15, 0.2) is 63.8 Å². The topological polar surface area (TPSA) is 50.4 Å². The molecule has 0 unspecified atom stereocenters. The molecule has 0 aliphatic carbocycles. The van der Waals surface area contributed by atoms with Crippen LogP contribution in [0.3, 0.4) is 0 Å². The van der Waals surface area contributed by atoms with Gasteiger partial charge < -0.3 is 9.52 Å². The van der Waals surface area contributed by atoms with Crippen LogP contribution in [0.2, 0.25) is 0 Å². The summed E-state index contributed by atoms with van der Waals surface area (Å²) in [5, 5.41) is 10.2. The fourth-order valence-corrected chi connectivity index (χ4v) is 1.99. The van der Waals surface area contributed by atoms with E-state index in [1.807, 2.05) is 18.2 Å². The lowest BCUT2D eigenvalue weighted by atomic mass is 10.0. The minimum Gasteiger partial charge on any atom is -0.508 e. The van der Waals surface area contributed by atoms with Crippen LogP contribution < -0.4 is 5.63 Å². The van der Waals surface area contributed by atoms with Crippen LogP contribution in [-0.2, 0) is 0 Å². The highest BCUT2D eigenvalue weighted by Gasteiger charge is 2.06. The second-order valence-electron chi connectivity index (χ2n) is 4.02. The SMILES string of the molecule is O=c1cc(-c2ccc(O)cc2)c2ccccc2o1. The Kier molecular flexibility index (Phi) is 2.38. The number of fused-ring (bicyclic) bond motifs is 1. The maximum absolute atomic E-state index is 11.5. The molecule has 0 atom stereocenters. The highest BCUT2D eigenvalue weighted by molar-refractivity contribution is 5.93. The van der Waals surface area contributed by atoms with Gasteiger partial charge in [-0.25, -0.2) is 4.79 Å². The monoisotopic (exact) mass is 238 g/mol. The first-order valence-corrected chi connectivity index (χ1v) is 5.56. The zero-order valence-corrected chi connectivity index (χ0v) is 9.46. The molecule has 0 fully saturated rings. The maximum atomic E-state index is 11.5. The molecular formula is C15H10O3. The standard InChI is InChI=1S/C15H10O3/c16-11-7-5-10(6-8-11)13-9-15(17)18-14-4-2-1-3-12(13)14/h1-9,16H. The van der Waals surface area contributed by atoms with E-state index in [1.54, 1.807) is 30.3 Å². The summed E-state index contributed by atoms with van der Waals surface area (Å²) in [6, 6.07) is 15.6. The molecule has 88 valence electrons. The summed E-state index contributed by atoms with van der Waals surface area (Å²) >= 11 is 0. The number of phenolic OH excluding ortho intramolecular Hbond substituents is 1. The first-order valence-electron chi connectivity index (χ1n) is 5.56. The third-order valence-electron chi connectivity index (χ3n) is 2.83. The quantitative estimate of drug-likeness (QED) is 0.662. The summed E-state index contributed by atoms with van der Waals surface area (Å²) in [4.78, 5) is 11.5. The lowest BCUT2D eigenvalue weighted by Crippen LogP contribution is -1.97. The van der Waals surface area contributed by atoms with Crippen LogP contribution in [-0.4, -0.2) is 5.11 Å². The average molecular weight is 238 g/mol. The summed E-state index contributed by atoms with van der Waals surface area (Å²) in [5.41, 5.74) is 1.86. The number of para-hydroxylation sites is 1. The van der Waals surface area contributed by atoms with Gasteiger partial charge in [0.05, 0.1) is 0 Å². The van der Waals surface area contributed by atoms with Gasteiger partial charge in [0.2, 0.25) is 0 Å². The molecule has 0 radical (unpaired) electrons. The van der Waals surface area contributed by atoms with Gasteiger partial charge in [-0.1, -0.05) is 30.3 Å². The molecule has 1 N–H and O–H groups in total. The lowest BCUT2D eigenvalue weighted by Gasteiger charge is -2.05. The van der Waals surface area contributed by atoms with E-state index in [9.17, 15) is 9.90 Å². The molecule has 0 saturated heterocycles. The molecule has 0 saturated carbocycles. The molecule has 18 heavy (non-hydrogen) atoms. The van der Waals surface area contributed by atoms with E-state index >= 15 is 0 Å². The summed E-state index contributed by atoms with van der Waals surface area (Å²) in [5.74, 6) is 0.200. The number of hydrogen-bond acceptors (Lipinski definition) is 3. The van der Waals surface area contributed by atoms with Crippen LogP contribution in [0, 0.1) is 0 Å². The van der Waals surface area contributed by atoms with Crippen molar-refractivity contribution in [3.63, 3.8) is 0 Å². The molecule has 3 heteroatoms. The predicted octanol–water partition coefficient (Wildman–Crippen LogP) is 3.17. The molecule has 0 spiro atoms. The zero-order valence-electron chi connectivity index (χ0n) is 9.46. The van der Waals surface area contributed by atoms with Crippen molar-refractivity contribution in [3.05, 3.63) is 65.0 Å². The molecule has 3 rings (SSSR count). The van der Waals surface area contributed by atoms with E-state index in [2.05, 4.69) is 0 Å². The first-order chi connectivity index (χ1) is 8.74. The van der Waals surface area contributed by atoms with E-state index in [1.165, 1.54) is 6.07 Å². The summed E-state index contributed by atoms with van der Waals surface area (Å²) in [6.45, 7) is 0. The van der Waals surface area contributed by atoms with E-state index in [0.717, 1.165) is 16.5 Å². The fourth-order valence-electron chi connectivity index (χ4n) is 1.99. The van der Waals surface area contributed by atoms with Crippen LogP contribution in [0.25, 0.3) is 22.1 Å². The molecule has 0 aliphatic rings. The van der Waals surface area contributed by atoms with Crippen LogP contribution >= 0.6 is 0 Å². The summed E-state index contributed by atoms with van der Waals surface area (Å²) in [6.07, 6.45) is 0. The van der Waals surface area contributed by atoms with E-state index in [4.69, 9.17) is 4.42 Å². The van der Waals surface area contributed by atoms with Gasteiger partial charge in [0.1, 0.15) is 11.3 Å². The lowest BCUT2D eigenvalue weighted by molar-refractivity contribution is 0.475. The molecule has 1 aromatic heterocycles. The fraction of sp³-hybridized carbons (Fsp3) is 0. The number of hydrogen-bond donors (Lipinski definition) is 1. The summed E-state index contributed by atoms with van der Waals surface area (Å²) < 4.78 is 5.14. The Labute approximate surface area is 103 Å². The Balaban J connectivity index is 2.34. The van der Waals surface area contributed by atoms with Gasteiger partial charge in [0.15, 0.2) is 0 Å². The van der Waals surface area contributed by atoms with Crippen molar-refractivity contribution >= 4 is 11.0 Å². The van der Waals surface area contributed by atoms with Gasteiger partial charge in [-0.3, -0.25) is 0 Å². The Bertz CT molecular complexity index is 755. The Hall–Kier alpha value is -2.55. The van der Waals surface area contributed by atoms with Crippen molar-refractivity contribution < 1.29 is 9.52 Å². The first kappa shape index (κ1) is 10.6. The Morgan fingerprint density at radius 3 is 2.44 bits per heavy atom. The molecule has 3 aromatic rings. The molecule has 0 aliphatic heterocycles. The van der Waals surface area contributed by atoms with Gasteiger partial charge in [-0.05, 0) is 29.3 Å². The van der Waals surface area contributed by atoms with E-state index in [0.29, 0.717) is 5.58 Å². The largest absolute Gasteiger partial charge is 0.508 e. The number of aromatic hydroxyl groups is 1. The summed E-state index contributed by atoms with van der Waals surface area (Å²) in [7, 11) is 0. The van der Waals surface area contributed by atoms with Crippen molar-refractivity contribution in [1.82, 2.24) is 0 Å². The van der Waals surface area contributed by atoms with Crippen molar-refractivity contribution in [1.29, 1.82) is 0 Å². The maximum Gasteiger partial charge on any atom is 0.336 e. The Morgan fingerprint density at radius 2 is 1.67 bits per heavy atom. The third-order valence-corrected chi connectivity index (χ3v) is 2.83. The van der Waals surface area contributed by atoms with Gasteiger partial charge in [-0.15, -0.1) is 0 Å². The minimum atomic E-state index is -0.378. The van der Waals surface area contributed by atoms with Crippen molar-refractivity contribution in [2.75, 3.05) is 0 Å². The Morgan fingerprint density at radius 1 is 0.944 bits per heavy atom. The zero-order chi connectivity index (χ0) is 12.5. The predicted molar refractivity (Wildman–Crippen MR) is 69.6 cm³/mol. The van der Waals surface area contributed by atoms with Crippen LogP contribution in [0.4, 0.5) is 0 Å². The number of rotatable bonds is 1. The molecular weight excluding hydrogens is 228 g/mol. The molecule has 0 amide bonds. The molecule has 0 bridgehead atoms. The van der Waals surface area contributed by atoms with Gasteiger partial charge in [0.25, 0.3) is 0 Å². The molecule has 2 aromatic carbocycles. The average Bonchev–Trinajstić information content (AvgIpc) is 2.38. The smallest absolute Gasteiger partial charge is 0.336 e. The van der Waals surface area contributed by atoms with Gasteiger partial charge >= 0.3 is 5.63 Å². The van der Waals surface area contributed by atoms with Crippen molar-refractivity contribution in [2.24, 2.45) is 0 Å². The molecule has 3 nitrogen and oxygen atoms in total. The minimum absolute atomic E-state index is 0.200. The van der Waals surface area contributed by atoms with E-state index in [-0.39, 0.29) is 11.4 Å². The normalized spacial score (nSPS) is 10.7. The van der Waals surface area contributed by atoms with Gasteiger partial charge in [-0.2, -0.15) is 0 Å². The second kappa shape index (κ2) is 4.04. The van der Waals surface area contributed by atoms with Crippen molar-refractivity contribution in [3.8, 4) is 16.9 Å². The van der Waals surface area contributed by atoms with Crippen molar-refractivity contribution in [2.45, 2.75) is 0 Å². The highest BCUT2D eigenvalue weighted by Crippen LogP contribution is 2.27. The van der Waals surface area contributed by atoms with Crippen LogP contribution in [0.5, 0.6) is 5.75 Å². The van der Waals surface area contributed by atoms with Crippen LogP contribution in [0.1, 0.15) is 0 Å². The molecule has 1 heterocycles. The number of benzene rings is 2. The third kappa shape index (κ3) is 1.76.